The van der Waals surface area contributed by atoms with Crippen LogP contribution in [0.15, 0.2) is 0 Å². The molecule has 5 heteroatoms. The highest BCUT2D eigenvalue weighted by Gasteiger charge is 2.44. The first-order chi connectivity index (χ1) is 7.82. The number of aliphatic carboxylic acids is 1. The molecule has 0 bridgehead atoms. The molecule has 4 nitrogen and oxygen atoms in total. The van der Waals surface area contributed by atoms with E-state index in [1.807, 2.05) is 11.8 Å². The van der Waals surface area contributed by atoms with Crippen LogP contribution >= 0.6 is 11.8 Å². The summed E-state index contributed by atoms with van der Waals surface area (Å²) in [5.41, 5.74) is 5.25. The fourth-order valence-electron chi connectivity index (χ4n) is 2.81. The van der Waals surface area contributed by atoms with Gasteiger partial charge in [0, 0.05) is 24.9 Å². The molecule has 0 aromatic carbocycles. The van der Waals surface area contributed by atoms with Crippen LogP contribution < -0.4 is 5.73 Å². The van der Waals surface area contributed by atoms with E-state index < -0.39 is 11.5 Å². The van der Waals surface area contributed by atoms with Crippen molar-refractivity contribution in [1.29, 1.82) is 0 Å². The first kappa shape index (κ1) is 13.2. The van der Waals surface area contributed by atoms with Crippen LogP contribution in [0, 0.1) is 5.41 Å². The molecule has 2 rings (SSSR count). The van der Waals surface area contributed by atoms with Crippen molar-refractivity contribution in [2.45, 2.75) is 38.3 Å². The summed E-state index contributed by atoms with van der Waals surface area (Å²) in [5.74, 6) is 1.45. The van der Waals surface area contributed by atoms with E-state index in [0.29, 0.717) is 24.4 Å². The SMILES string of the molecule is CC1(C)CSCC(N2CCC(N)(C(=O)O)C2)C1. The Morgan fingerprint density at radius 2 is 2.24 bits per heavy atom. The molecule has 0 aromatic heterocycles. The van der Waals surface area contributed by atoms with E-state index in [1.54, 1.807) is 0 Å². The molecule has 0 aromatic rings. The molecule has 0 amide bonds. The molecule has 3 N–H and O–H groups in total. The van der Waals surface area contributed by atoms with Crippen molar-refractivity contribution in [2.24, 2.45) is 11.1 Å². The largest absolute Gasteiger partial charge is 0.480 e. The maximum Gasteiger partial charge on any atom is 0.325 e. The summed E-state index contributed by atoms with van der Waals surface area (Å²) in [5, 5.41) is 9.13. The van der Waals surface area contributed by atoms with Crippen LogP contribution in [-0.4, -0.2) is 52.2 Å². The number of hydrogen-bond donors (Lipinski definition) is 2. The van der Waals surface area contributed by atoms with Gasteiger partial charge in [0.25, 0.3) is 0 Å². The van der Waals surface area contributed by atoms with Crippen molar-refractivity contribution < 1.29 is 9.90 Å². The Bertz CT molecular complexity index is 322. The summed E-state index contributed by atoms with van der Waals surface area (Å²) in [6, 6.07) is 0.494. The molecule has 2 unspecified atom stereocenters. The predicted octanol–water partition coefficient (Wildman–Crippen LogP) is 1.01. The highest BCUT2D eigenvalue weighted by molar-refractivity contribution is 7.99. The molecule has 2 atom stereocenters. The van der Waals surface area contributed by atoms with Gasteiger partial charge in [-0.3, -0.25) is 9.69 Å². The lowest BCUT2D eigenvalue weighted by molar-refractivity contribution is -0.142. The summed E-state index contributed by atoms with van der Waals surface area (Å²) in [6.45, 7) is 5.90. The Morgan fingerprint density at radius 3 is 2.76 bits per heavy atom. The Morgan fingerprint density at radius 1 is 1.53 bits per heavy atom. The maximum absolute atomic E-state index is 11.1. The molecule has 2 aliphatic rings. The fraction of sp³-hybridized carbons (Fsp3) is 0.917. The summed E-state index contributed by atoms with van der Waals surface area (Å²) in [4.78, 5) is 13.4. The van der Waals surface area contributed by atoms with E-state index in [-0.39, 0.29) is 0 Å². The molecule has 98 valence electrons. The highest BCUT2D eigenvalue weighted by atomic mass is 32.2. The number of hydrogen-bond acceptors (Lipinski definition) is 4. The third-order valence-corrected chi connectivity index (χ3v) is 5.47. The number of carboxylic acids is 1. The van der Waals surface area contributed by atoms with Gasteiger partial charge < -0.3 is 10.8 Å². The minimum Gasteiger partial charge on any atom is -0.480 e. The third-order valence-electron chi connectivity index (χ3n) is 3.86. The summed E-state index contributed by atoms with van der Waals surface area (Å²) >= 11 is 1.98. The molecule has 2 saturated heterocycles. The molecule has 2 aliphatic heterocycles. The van der Waals surface area contributed by atoms with Crippen LogP contribution in [0.3, 0.4) is 0 Å². The number of likely N-dealkylation sites (tertiary alicyclic amines) is 1. The van der Waals surface area contributed by atoms with Crippen LogP contribution in [0.1, 0.15) is 26.7 Å². The van der Waals surface area contributed by atoms with E-state index in [1.165, 1.54) is 5.75 Å². The molecular weight excluding hydrogens is 236 g/mol. The first-order valence-electron chi connectivity index (χ1n) is 6.17. The zero-order valence-electron chi connectivity index (χ0n) is 10.6. The van der Waals surface area contributed by atoms with Gasteiger partial charge in [-0.05, 0) is 24.0 Å². The Kier molecular flexibility index (Phi) is 3.45. The minimum absolute atomic E-state index is 0.358. The zero-order chi connectivity index (χ0) is 12.7. The van der Waals surface area contributed by atoms with Gasteiger partial charge in [-0.15, -0.1) is 0 Å². The molecule has 0 spiro atoms. The average molecular weight is 258 g/mol. The van der Waals surface area contributed by atoms with E-state index in [9.17, 15) is 4.79 Å². The second-order valence-electron chi connectivity index (χ2n) is 6.22. The van der Waals surface area contributed by atoms with Crippen LogP contribution in [0.25, 0.3) is 0 Å². The van der Waals surface area contributed by atoms with Crippen molar-refractivity contribution in [3.8, 4) is 0 Å². The van der Waals surface area contributed by atoms with Crippen LogP contribution in [0.4, 0.5) is 0 Å². The van der Waals surface area contributed by atoms with Crippen molar-refractivity contribution in [1.82, 2.24) is 4.90 Å². The lowest BCUT2D eigenvalue weighted by Gasteiger charge is -2.39. The molecule has 2 heterocycles. The van der Waals surface area contributed by atoms with E-state index in [4.69, 9.17) is 10.8 Å². The maximum atomic E-state index is 11.1. The van der Waals surface area contributed by atoms with Gasteiger partial charge in [-0.25, -0.2) is 0 Å². The number of carbonyl (C=O) groups is 1. The van der Waals surface area contributed by atoms with Gasteiger partial charge in [0.05, 0.1) is 0 Å². The standard InChI is InChI=1S/C12H22N2O2S/c1-11(2)5-9(6-17-8-11)14-4-3-12(13,7-14)10(15)16/h9H,3-8,13H2,1-2H3,(H,15,16). The van der Waals surface area contributed by atoms with E-state index in [0.717, 1.165) is 18.7 Å². The molecule has 0 saturated carbocycles. The Labute approximate surface area is 107 Å². The quantitative estimate of drug-likeness (QED) is 0.773. The lowest BCUT2D eigenvalue weighted by Crippen LogP contribution is -2.52. The second kappa shape index (κ2) is 4.44. The van der Waals surface area contributed by atoms with Crippen molar-refractivity contribution in [3.63, 3.8) is 0 Å². The van der Waals surface area contributed by atoms with Gasteiger partial charge in [-0.2, -0.15) is 11.8 Å². The molecule has 0 aliphatic carbocycles. The summed E-state index contributed by atoms with van der Waals surface area (Å²) < 4.78 is 0. The van der Waals surface area contributed by atoms with Crippen LogP contribution in [0.2, 0.25) is 0 Å². The van der Waals surface area contributed by atoms with Crippen molar-refractivity contribution in [2.75, 3.05) is 24.6 Å². The second-order valence-corrected chi connectivity index (χ2v) is 7.25. The van der Waals surface area contributed by atoms with E-state index in [2.05, 4.69) is 18.7 Å². The average Bonchev–Trinajstić information content (AvgIpc) is 2.61. The van der Waals surface area contributed by atoms with E-state index >= 15 is 0 Å². The van der Waals surface area contributed by atoms with Gasteiger partial charge in [0.2, 0.25) is 0 Å². The van der Waals surface area contributed by atoms with Crippen LogP contribution in [0.5, 0.6) is 0 Å². The predicted molar refractivity (Wildman–Crippen MR) is 70.3 cm³/mol. The number of thioether (sulfide) groups is 1. The molecule has 2 fully saturated rings. The zero-order valence-corrected chi connectivity index (χ0v) is 11.4. The minimum atomic E-state index is -1.02. The monoisotopic (exact) mass is 258 g/mol. The number of rotatable bonds is 2. The van der Waals surface area contributed by atoms with Crippen LogP contribution in [-0.2, 0) is 4.79 Å². The highest BCUT2D eigenvalue weighted by Crippen LogP contribution is 2.37. The Hall–Kier alpha value is -0.260. The summed E-state index contributed by atoms with van der Waals surface area (Å²) in [7, 11) is 0. The Balaban J connectivity index is 1.99. The fourth-order valence-corrected chi connectivity index (χ4v) is 4.20. The normalized spacial score (nSPS) is 38.2. The molecule has 0 radical (unpaired) electrons. The van der Waals surface area contributed by atoms with Gasteiger partial charge in [0.1, 0.15) is 5.54 Å². The smallest absolute Gasteiger partial charge is 0.325 e. The number of nitrogens with zero attached hydrogens (tertiary/aromatic N) is 1. The van der Waals surface area contributed by atoms with Gasteiger partial charge >= 0.3 is 5.97 Å². The number of carboxylic acid groups (broad SMARTS) is 1. The van der Waals surface area contributed by atoms with Gasteiger partial charge in [0.15, 0.2) is 0 Å². The summed E-state index contributed by atoms with van der Waals surface area (Å²) in [6.07, 6.45) is 1.72. The molecular formula is C12H22N2O2S. The lowest BCUT2D eigenvalue weighted by atomic mass is 9.87. The first-order valence-corrected chi connectivity index (χ1v) is 7.32. The van der Waals surface area contributed by atoms with Gasteiger partial charge in [-0.1, -0.05) is 13.8 Å². The van der Waals surface area contributed by atoms with Crippen molar-refractivity contribution in [3.05, 3.63) is 0 Å². The third kappa shape index (κ3) is 2.77. The number of nitrogens with two attached hydrogens (primary N) is 1. The molecule has 17 heavy (non-hydrogen) atoms. The topological polar surface area (TPSA) is 66.6 Å². The van der Waals surface area contributed by atoms with Crippen molar-refractivity contribution >= 4 is 17.7 Å².